The van der Waals surface area contributed by atoms with Gasteiger partial charge >= 0.3 is 0 Å². The fourth-order valence-corrected chi connectivity index (χ4v) is 1.44. The standard InChI is InChI=1S/C14H20N2O2/c1-4-9-18-13-7-5-12(6-8-13)10-16-11(2)14(17)15-3/h4-8,11,16H,1,9-10H2,2-3H3,(H,15,17). The number of likely N-dealkylation sites (N-methyl/N-ethyl adjacent to an activating group) is 1. The van der Waals surface area contributed by atoms with Crippen LogP contribution in [0.15, 0.2) is 36.9 Å². The van der Waals surface area contributed by atoms with Gasteiger partial charge in [0.05, 0.1) is 6.04 Å². The number of amides is 1. The number of carbonyl (C=O) groups is 1. The van der Waals surface area contributed by atoms with Crippen molar-refractivity contribution in [1.29, 1.82) is 0 Å². The van der Waals surface area contributed by atoms with Gasteiger partial charge in [0.15, 0.2) is 0 Å². The normalized spacial score (nSPS) is 11.7. The van der Waals surface area contributed by atoms with Crippen LogP contribution in [-0.4, -0.2) is 25.6 Å². The molecule has 0 aliphatic rings. The highest BCUT2D eigenvalue weighted by Crippen LogP contribution is 2.12. The SMILES string of the molecule is C=CCOc1ccc(CNC(C)C(=O)NC)cc1. The largest absolute Gasteiger partial charge is 0.490 e. The monoisotopic (exact) mass is 248 g/mol. The summed E-state index contributed by atoms with van der Waals surface area (Å²) in [5.41, 5.74) is 1.11. The number of hydrogen-bond donors (Lipinski definition) is 2. The maximum absolute atomic E-state index is 11.3. The molecule has 1 unspecified atom stereocenters. The molecule has 0 aromatic heterocycles. The molecular weight excluding hydrogens is 228 g/mol. The predicted octanol–water partition coefficient (Wildman–Crippen LogP) is 1.48. The first-order valence-corrected chi connectivity index (χ1v) is 5.95. The van der Waals surface area contributed by atoms with Gasteiger partial charge in [0.1, 0.15) is 12.4 Å². The lowest BCUT2D eigenvalue weighted by Crippen LogP contribution is -2.40. The van der Waals surface area contributed by atoms with Gasteiger partial charge in [-0.1, -0.05) is 24.8 Å². The van der Waals surface area contributed by atoms with Crippen molar-refractivity contribution in [2.45, 2.75) is 19.5 Å². The summed E-state index contributed by atoms with van der Waals surface area (Å²) in [4.78, 5) is 11.3. The Morgan fingerprint density at radius 2 is 2.11 bits per heavy atom. The summed E-state index contributed by atoms with van der Waals surface area (Å²) < 4.78 is 5.39. The van der Waals surface area contributed by atoms with E-state index in [2.05, 4.69) is 17.2 Å². The van der Waals surface area contributed by atoms with Gasteiger partial charge in [-0.2, -0.15) is 0 Å². The fraction of sp³-hybridized carbons (Fsp3) is 0.357. The lowest BCUT2D eigenvalue weighted by atomic mass is 10.2. The molecule has 18 heavy (non-hydrogen) atoms. The molecule has 1 aromatic carbocycles. The molecule has 1 aromatic rings. The molecule has 98 valence electrons. The third-order valence-electron chi connectivity index (χ3n) is 2.54. The molecule has 1 atom stereocenters. The number of ether oxygens (including phenoxy) is 1. The van der Waals surface area contributed by atoms with Crippen molar-refractivity contribution in [3.05, 3.63) is 42.5 Å². The molecule has 0 spiro atoms. The zero-order valence-electron chi connectivity index (χ0n) is 10.9. The van der Waals surface area contributed by atoms with Crippen LogP contribution in [-0.2, 0) is 11.3 Å². The molecule has 0 radical (unpaired) electrons. The maximum atomic E-state index is 11.3. The van der Waals surface area contributed by atoms with Crippen LogP contribution in [0.25, 0.3) is 0 Å². The smallest absolute Gasteiger partial charge is 0.236 e. The molecule has 0 aliphatic heterocycles. The van der Waals surface area contributed by atoms with E-state index in [1.807, 2.05) is 31.2 Å². The second kappa shape index (κ2) is 7.50. The molecule has 0 heterocycles. The lowest BCUT2D eigenvalue weighted by molar-refractivity contribution is -0.122. The minimum atomic E-state index is -0.202. The zero-order valence-corrected chi connectivity index (χ0v) is 10.9. The van der Waals surface area contributed by atoms with E-state index in [-0.39, 0.29) is 11.9 Å². The molecular formula is C14H20N2O2. The Bertz CT molecular complexity index is 387. The topological polar surface area (TPSA) is 50.4 Å². The summed E-state index contributed by atoms with van der Waals surface area (Å²) in [6.07, 6.45) is 1.71. The van der Waals surface area contributed by atoms with Gasteiger partial charge in [-0.3, -0.25) is 4.79 Å². The summed E-state index contributed by atoms with van der Waals surface area (Å²) in [6, 6.07) is 7.56. The first kappa shape index (κ1) is 14.3. The van der Waals surface area contributed by atoms with Gasteiger partial charge in [0.2, 0.25) is 5.91 Å². The molecule has 0 bridgehead atoms. The van der Waals surface area contributed by atoms with E-state index in [0.29, 0.717) is 13.2 Å². The summed E-state index contributed by atoms with van der Waals surface area (Å²) >= 11 is 0. The predicted molar refractivity (Wildman–Crippen MR) is 72.5 cm³/mol. The van der Waals surface area contributed by atoms with Crippen molar-refractivity contribution in [2.75, 3.05) is 13.7 Å². The van der Waals surface area contributed by atoms with E-state index in [1.54, 1.807) is 13.1 Å². The average molecular weight is 248 g/mol. The van der Waals surface area contributed by atoms with Gasteiger partial charge in [-0.05, 0) is 24.6 Å². The first-order chi connectivity index (χ1) is 8.67. The molecule has 2 N–H and O–H groups in total. The number of benzene rings is 1. The van der Waals surface area contributed by atoms with Crippen LogP contribution < -0.4 is 15.4 Å². The second-order valence-electron chi connectivity index (χ2n) is 3.96. The highest BCUT2D eigenvalue weighted by Gasteiger charge is 2.09. The zero-order chi connectivity index (χ0) is 13.4. The first-order valence-electron chi connectivity index (χ1n) is 5.95. The molecule has 0 saturated carbocycles. The fourth-order valence-electron chi connectivity index (χ4n) is 1.44. The van der Waals surface area contributed by atoms with E-state index >= 15 is 0 Å². The van der Waals surface area contributed by atoms with Crippen molar-refractivity contribution in [3.8, 4) is 5.75 Å². The Morgan fingerprint density at radius 1 is 1.44 bits per heavy atom. The van der Waals surface area contributed by atoms with Gasteiger partial charge < -0.3 is 15.4 Å². The lowest BCUT2D eigenvalue weighted by Gasteiger charge is -2.12. The molecule has 4 heteroatoms. The summed E-state index contributed by atoms with van der Waals surface area (Å²) in [7, 11) is 1.63. The maximum Gasteiger partial charge on any atom is 0.236 e. The second-order valence-corrected chi connectivity index (χ2v) is 3.96. The molecule has 0 saturated heterocycles. The number of carbonyl (C=O) groups excluding carboxylic acids is 1. The molecule has 0 aliphatic carbocycles. The van der Waals surface area contributed by atoms with Gasteiger partial charge in [0, 0.05) is 13.6 Å². The van der Waals surface area contributed by atoms with Crippen LogP contribution in [0.1, 0.15) is 12.5 Å². The van der Waals surface area contributed by atoms with Crippen LogP contribution in [0.3, 0.4) is 0 Å². The van der Waals surface area contributed by atoms with E-state index in [1.165, 1.54) is 0 Å². The molecule has 4 nitrogen and oxygen atoms in total. The van der Waals surface area contributed by atoms with Crippen LogP contribution in [0.5, 0.6) is 5.75 Å². The van der Waals surface area contributed by atoms with Gasteiger partial charge in [-0.15, -0.1) is 0 Å². The van der Waals surface area contributed by atoms with Crippen LogP contribution in [0.2, 0.25) is 0 Å². The van der Waals surface area contributed by atoms with Crippen LogP contribution in [0.4, 0.5) is 0 Å². The summed E-state index contributed by atoms with van der Waals surface area (Å²) in [5.74, 6) is 0.805. The Morgan fingerprint density at radius 3 is 2.67 bits per heavy atom. The number of rotatable bonds is 7. The molecule has 0 fully saturated rings. The molecule has 1 amide bonds. The van der Waals surface area contributed by atoms with Crippen molar-refractivity contribution < 1.29 is 9.53 Å². The van der Waals surface area contributed by atoms with Crippen molar-refractivity contribution in [3.63, 3.8) is 0 Å². The van der Waals surface area contributed by atoms with Crippen LogP contribution in [0, 0.1) is 0 Å². The highest BCUT2D eigenvalue weighted by molar-refractivity contribution is 5.80. The summed E-state index contributed by atoms with van der Waals surface area (Å²) in [5, 5.41) is 5.75. The van der Waals surface area contributed by atoms with Crippen molar-refractivity contribution in [1.82, 2.24) is 10.6 Å². The van der Waals surface area contributed by atoms with Crippen molar-refractivity contribution in [2.24, 2.45) is 0 Å². The third-order valence-corrected chi connectivity index (χ3v) is 2.54. The van der Waals surface area contributed by atoms with Gasteiger partial charge in [-0.25, -0.2) is 0 Å². The minimum Gasteiger partial charge on any atom is -0.490 e. The van der Waals surface area contributed by atoms with E-state index in [4.69, 9.17) is 4.74 Å². The molecule has 1 rings (SSSR count). The highest BCUT2D eigenvalue weighted by atomic mass is 16.5. The Labute approximate surface area is 108 Å². The number of nitrogens with one attached hydrogen (secondary N) is 2. The van der Waals surface area contributed by atoms with Crippen molar-refractivity contribution >= 4 is 5.91 Å². The Balaban J connectivity index is 2.43. The van der Waals surface area contributed by atoms with E-state index in [0.717, 1.165) is 11.3 Å². The third kappa shape index (κ3) is 4.59. The van der Waals surface area contributed by atoms with E-state index < -0.39 is 0 Å². The van der Waals surface area contributed by atoms with Gasteiger partial charge in [0.25, 0.3) is 0 Å². The summed E-state index contributed by atoms with van der Waals surface area (Å²) in [6.45, 7) is 6.58. The van der Waals surface area contributed by atoms with E-state index in [9.17, 15) is 4.79 Å². The van der Waals surface area contributed by atoms with Crippen LogP contribution >= 0.6 is 0 Å². The Hall–Kier alpha value is -1.81. The minimum absolute atomic E-state index is 0.0130. The average Bonchev–Trinajstić information content (AvgIpc) is 2.42. The Kier molecular flexibility index (Phi) is 5.94. The number of hydrogen-bond acceptors (Lipinski definition) is 3. The quantitative estimate of drug-likeness (QED) is 0.719.